The fourth-order valence-corrected chi connectivity index (χ4v) is 1.53. The van der Waals surface area contributed by atoms with Gasteiger partial charge in [0.15, 0.2) is 5.82 Å². The van der Waals surface area contributed by atoms with Crippen LogP contribution in [0.3, 0.4) is 0 Å². The van der Waals surface area contributed by atoms with E-state index in [2.05, 4.69) is 15.0 Å². The van der Waals surface area contributed by atoms with E-state index in [1.807, 2.05) is 43.3 Å². The first-order valence-electron chi connectivity index (χ1n) is 5.92. The van der Waals surface area contributed by atoms with Gasteiger partial charge in [-0.2, -0.15) is 0 Å². The van der Waals surface area contributed by atoms with Crippen molar-refractivity contribution < 1.29 is 5.11 Å². The second-order valence-corrected chi connectivity index (χ2v) is 4.33. The summed E-state index contributed by atoms with van der Waals surface area (Å²) in [6.45, 7) is 0.0129. The summed E-state index contributed by atoms with van der Waals surface area (Å²) in [4.78, 5) is 14.6. The van der Waals surface area contributed by atoms with Crippen LogP contribution in [0.2, 0.25) is 0 Å². The molecule has 2 rings (SSSR count). The predicted octanol–water partition coefficient (Wildman–Crippen LogP) is 1.86. The second-order valence-electron chi connectivity index (χ2n) is 4.33. The summed E-state index contributed by atoms with van der Waals surface area (Å²) in [7, 11) is 3.80. The number of rotatable bonds is 4. The second kappa shape index (κ2) is 6.06. The minimum atomic E-state index is 0.0129. The van der Waals surface area contributed by atoms with Crippen molar-refractivity contribution in [2.24, 2.45) is 4.99 Å². The summed E-state index contributed by atoms with van der Waals surface area (Å²) >= 11 is 0. The number of aliphatic hydroxyl groups is 1. The lowest BCUT2D eigenvalue weighted by atomic mass is 10.1. The highest BCUT2D eigenvalue weighted by molar-refractivity contribution is 5.61. The molecular formula is C14H16N4O. The molecule has 0 spiro atoms. The van der Waals surface area contributed by atoms with Crippen LogP contribution in [-0.2, 0) is 6.61 Å². The Balaban J connectivity index is 2.22. The number of hydrogen-bond acceptors (Lipinski definition) is 4. The molecule has 0 amide bonds. The molecule has 98 valence electrons. The number of nitrogens with zero attached hydrogens (tertiary/aromatic N) is 4. The number of aliphatic imine (C=N–C) groups is 1. The highest BCUT2D eigenvalue weighted by Crippen LogP contribution is 2.18. The van der Waals surface area contributed by atoms with Crippen LogP contribution in [0.25, 0.3) is 11.4 Å². The summed E-state index contributed by atoms with van der Waals surface area (Å²) in [5, 5.41) is 9.11. The maximum Gasteiger partial charge on any atom is 0.159 e. The van der Waals surface area contributed by atoms with Crippen LogP contribution in [0.5, 0.6) is 0 Å². The van der Waals surface area contributed by atoms with Crippen LogP contribution in [-0.4, -0.2) is 40.4 Å². The lowest BCUT2D eigenvalue weighted by Gasteiger charge is -2.04. The van der Waals surface area contributed by atoms with Gasteiger partial charge in [0.2, 0.25) is 0 Å². The molecule has 0 unspecified atom stereocenters. The van der Waals surface area contributed by atoms with Gasteiger partial charge in [0.25, 0.3) is 0 Å². The van der Waals surface area contributed by atoms with Crippen LogP contribution < -0.4 is 0 Å². The normalized spacial score (nSPS) is 10.9. The minimum absolute atomic E-state index is 0.0129. The maximum absolute atomic E-state index is 9.11. The van der Waals surface area contributed by atoms with E-state index in [-0.39, 0.29) is 6.61 Å². The highest BCUT2D eigenvalue weighted by Gasteiger charge is 2.02. The monoisotopic (exact) mass is 256 g/mol. The Kier molecular flexibility index (Phi) is 4.20. The molecule has 0 atom stereocenters. The van der Waals surface area contributed by atoms with Crippen LogP contribution in [0.15, 0.2) is 41.7 Å². The molecule has 5 heteroatoms. The van der Waals surface area contributed by atoms with E-state index in [1.54, 1.807) is 18.7 Å². The molecule has 0 fully saturated rings. The van der Waals surface area contributed by atoms with Crippen molar-refractivity contribution in [2.45, 2.75) is 6.61 Å². The number of hydrogen-bond donors (Lipinski definition) is 1. The third-order valence-corrected chi connectivity index (χ3v) is 2.44. The zero-order valence-corrected chi connectivity index (χ0v) is 11.0. The first kappa shape index (κ1) is 13.2. The Labute approximate surface area is 112 Å². The van der Waals surface area contributed by atoms with Crippen LogP contribution >= 0.6 is 0 Å². The molecule has 0 saturated heterocycles. The van der Waals surface area contributed by atoms with Crippen molar-refractivity contribution in [1.29, 1.82) is 0 Å². The zero-order valence-electron chi connectivity index (χ0n) is 11.0. The SMILES string of the molecule is CN(C)/C=N\c1cnc(-c2cccc(CO)c2)nc1. The topological polar surface area (TPSA) is 61.6 Å². The third kappa shape index (κ3) is 3.59. The third-order valence-electron chi connectivity index (χ3n) is 2.44. The van der Waals surface area contributed by atoms with E-state index in [0.717, 1.165) is 11.1 Å². The van der Waals surface area contributed by atoms with E-state index in [0.29, 0.717) is 11.5 Å². The molecule has 0 saturated carbocycles. The number of benzene rings is 1. The Morgan fingerprint density at radius 1 is 1.26 bits per heavy atom. The molecule has 5 nitrogen and oxygen atoms in total. The summed E-state index contributed by atoms with van der Waals surface area (Å²) in [6, 6.07) is 7.52. The van der Waals surface area contributed by atoms with Gasteiger partial charge in [-0.1, -0.05) is 18.2 Å². The van der Waals surface area contributed by atoms with Gasteiger partial charge in [0, 0.05) is 19.7 Å². The molecule has 2 aromatic rings. The van der Waals surface area contributed by atoms with Crippen LogP contribution in [0, 0.1) is 0 Å². The van der Waals surface area contributed by atoms with Gasteiger partial charge in [0.1, 0.15) is 5.69 Å². The van der Waals surface area contributed by atoms with Crippen molar-refractivity contribution in [2.75, 3.05) is 14.1 Å². The van der Waals surface area contributed by atoms with Crippen molar-refractivity contribution in [3.05, 3.63) is 42.2 Å². The molecule has 1 aromatic carbocycles. The smallest absolute Gasteiger partial charge is 0.159 e. The highest BCUT2D eigenvalue weighted by atomic mass is 16.3. The van der Waals surface area contributed by atoms with E-state index in [1.165, 1.54) is 0 Å². The van der Waals surface area contributed by atoms with Crippen molar-refractivity contribution in [1.82, 2.24) is 14.9 Å². The molecular weight excluding hydrogens is 240 g/mol. The standard InChI is InChI=1S/C14H16N4O/c1-18(2)10-17-13-7-15-14(16-8-13)12-5-3-4-11(6-12)9-19/h3-8,10,19H,9H2,1-2H3/b17-10-. The molecule has 1 aromatic heterocycles. The quantitative estimate of drug-likeness (QED) is 0.670. The number of aliphatic hydroxyl groups excluding tert-OH is 1. The Morgan fingerprint density at radius 2 is 2.00 bits per heavy atom. The van der Waals surface area contributed by atoms with E-state index >= 15 is 0 Å². The van der Waals surface area contributed by atoms with Crippen LogP contribution in [0.1, 0.15) is 5.56 Å². The molecule has 1 heterocycles. The summed E-state index contributed by atoms with van der Waals surface area (Å²) in [5.74, 6) is 0.624. The molecule has 0 bridgehead atoms. The molecule has 0 aliphatic heterocycles. The summed E-state index contributed by atoms with van der Waals surface area (Å²) < 4.78 is 0. The Hall–Kier alpha value is -2.27. The molecule has 19 heavy (non-hydrogen) atoms. The predicted molar refractivity (Wildman–Crippen MR) is 75.2 cm³/mol. The van der Waals surface area contributed by atoms with E-state index in [9.17, 15) is 0 Å². The lowest BCUT2D eigenvalue weighted by molar-refractivity contribution is 0.282. The fraction of sp³-hybridized carbons (Fsp3) is 0.214. The van der Waals surface area contributed by atoms with Gasteiger partial charge >= 0.3 is 0 Å². The maximum atomic E-state index is 9.11. The first-order chi connectivity index (χ1) is 9.19. The van der Waals surface area contributed by atoms with Gasteiger partial charge in [-0.3, -0.25) is 0 Å². The Morgan fingerprint density at radius 3 is 2.63 bits per heavy atom. The van der Waals surface area contributed by atoms with Crippen molar-refractivity contribution in [3.63, 3.8) is 0 Å². The average Bonchev–Trinajstić information content (AvgIpc) is 2.45. The van der Waals surface area contributed by atoms with Gasteiger partial charge in [-0.25, -0.2) is 15.0 Å². The average molecular weight is 256 g/mol. The minimum Gasteiger partial charge on any atom is -0.392 e. The lowest BCUT2D eigenvalue weighted by Crippen LogP contribution is -2.07. The zero-order chi connectivity index (χ0) is 13.7. The van der Waals surface area contributed by atoms with E-state index in [4.69, 9.17) is 5.11 Å². The fourth-order valence-electron chi connectivity index (χ4n) is 1.53. The molecule has 0 aliphatic rings. The molecule has 1 N–H and O–H groups in total. The van der Waals surface area contributed by atoms with Crippen molar-refractivity contribution in [3.8, 4) is 11.4 Å². The number of aromatic nitrogens is 2. The first-order valence-corrected chi connectivity index (χ1v) is 5.92. The largest absolute Gasteiger partial charge is 0.392 e. The summed E-state index contributed by atoms with van der Waals surface area (Å²) in [5.41, 5.74) is 2.43. The van der Waals surface area contributed by atoms with Gasteiger partial charge in [-0.15, -0.1) is 0 Å². The Bertz CT molecular complexity index is 564. The van der Waals surface area contributed by atoms with Gasteiger partial charge < -0.3 is 10.0 Å². The van der Waals surface area contributed by atoms with E-state index < -0.39 is 0 Å². The van der Waals surface area contributed by atoms with Gasteiger partial charge in [0.05, 0.1) is 25.3 Å². The van der Waals surface area contributed by atoms with Crippen LogP contribution in [0.4, 0.5) is 5.69 Å². The van der Waals surface area contributed by atoms with Crippen molar-refractivity contribution >= 4 is 12.0 Å². The summed E-state index contributed by atoms with van der Waals surface area (Å²) in [6.07, 6.45) is 5.05. The molecule has 0 aliphatic carbocycles. The van der Waals surface area contributed by atoms with Gasteiger partial charge in [-0.05, 0) is 11.6 Å². The molecule has 0 radical (unpaired) electrons.